The first-order valence-electron chi connectivity index (χ1n) is 8.94. The molecule has 0 fully saturated rings. The Kier molecular flexibility index (Phi) is 8.73. The second-order valence-corrected chi connectivity index (χ2v) is 8.56. The van der Waals surface area contributed by atoms with Gasteiger partial charge in [0.2, 0.25) is 5.91 Å². The van der Waals surface area contributed by atoms with Crippen LogP contribution in [-0.4, -0.2) is 39.5 Å². The van der Waals surface area contributed by atoms with E-state index < -0.39 is 10.7 Å². The zero-order valence-electron chi connectivity index (χ0n) is 15.8. The minimum Gasteiger partial charge on any atom is -0.332 e. The average molecular weight is 445 g/mol. The van der Waals surface area contributed by atoms with Gasteiger partial charge in [0, 0.05) is 18.0 Å². The number of nitrogens with zero attached hydrogens (tertiary/aromatic N) is 2. The van der Waals surface area contributed by atoms with E-state index in [1.54, 1.807) is 28.4 Å². The largest absolute Gasteiger partial charge is 0.332 e. The second kappa shape index (κ2) is 10.8. The maximum atomic E-state index is 13.2. The first kappa shape index (κ1) is 22.7. The molecule has 0 N–H and O–H groups in total. The Morgan fingerprint density at radius 1 is 1.11 bits per heavy atom. The quantitative estimate of drug-likeness (QED) is 0.522. The summed E-state index contributed by atoms with van der Waals surface area (Å²) in [5.41, 5.74) is 1.91. The summed E-state index contributed by atoms with van der Waals surface area (Å²) in [4.78, 5) is 28.2. The molecule has 0 bridgehead atoms. The van der Waals surface area contributed by atoms with Crippen LogP contribution in [0.4, 0.5) is 4.39 Å². The summed E-state index contributed by atoms with van der Waals surface area (Å²) in [6, 6.07) is 8.04. The molecule has 1 aromatic carbocycles. The lowest BCUT2D eigenvalue weighted by Crippen LogP contribution is -2.44. The lowest BCUT2D eigenvalue weighted by atomic mass is 10.2. The number of amides is 2. The number of halogens is 3. The summed E-state index contributed by atoms with van der Waals surface area (Å²) < 4.78 is 13.2. The molecule has 0 atom stereocenters. The monoisotopic (exact) mass is 444 g/mol. The van der Waals surface area contributed by atoms with Crippen LogP contribution >= 0.6 is 34.5 Å². The number of hydrogen-bond donors (Lipinski definition) is 0. The highest BCUT2D eigenvalue weighted by Crippen LogP contribution is 2.20. The van der Waals surface area contributed by atoms with Crippen LogP contribution in [0.15, 0.2) is 35.7 Å². The average Bonchev–Trinajstić information content (AvgIpc) is 3.06. The summed E-state index contributed by atoms with van der Waals surface area (Å²) in [6.45, 7) is 4.92. The number of carbonyl (C=O) groups excluding carboxylic acids is 2. The topological polar surface area (TPSA) is 40.6 Å². The zero-order chi connectivity index (χ0) is 20.7. The van der Waals surface area contributed by atoms with E-state index in [1.165, 1.54) is 17.0 Å². The van der Waals surface area contributed by atoms with E-state index in [-0.39, 0.29) is 18.3 Å². The maximum Gasteiger partial charge on any atom is 0.256 e. The molecule has 1 aromatic heterocycles. The summed E-state index contributed by atoms with van der Waals surface area (Å²) in [6.07, 6.45) is 0.682. The minimum atomic E-state index is -1.20. The summed E-state index contributed by atoms with van der Waals surface area (Å²) in [5, 5.41) is 1.98. The van der Waals surface area contributed by atoms with Gasteiger partial charge in [0.15, 0.2) is 4.84 Å². The number of carbonyl (C=O) groups is 2. The van der Waals surface area contributed by atoms with E-state index in [0.29, 0.717) is 26.1 Å². The third-order valence-corrected chi connectivity index (χ3v) is 5.64. The van der Waals surface area contributed by atoms with Gasteiger partial charge in [-0.3, -0.25) is 9.59 Å². The van der Waals surface area contributed by atoms with Crippen molar-refractivity contribution < 1.29 is 14.0 Å². The fourth-order valence-electron chi connectivity index (χ4n) is 2.72. The normalized spacial score (nSPS) is 10.9. The summed E-state index contributed by atoms with van der Waals surface area (Å²) >= 11 is 13.0. The van der Waals surface area contributed by atoms with Gasteiger partial charge >= 0.3 is 0 Å². The summed E-state index contributed by atoms with van der Waals surface area (Å²) in [5.74, 6) is -1.02. The number of hydrogen-bond acceptors (Lipinski definition) is 3. The molecule has 8 heteroatoms. The predicted molar refractivity (Wildman–Crippen MR) is 112 cm³/mol. The summed E-state index contributed by atoms with van der Waals surface area (Å²) in [7, 11) is 0. The first-order chi connectivity index (χ1) is 13.3. The van der Waals surface area contributed by atoms with Crippen molar-refractivity contribution in [2.75, 3.05) is 13.1 Å². The van der Waals surface area contributed by atoms with Crippen molar-refractivity contribution in [3.8, 4) is 0 Å². The fraction of sp³-hybridized carbons (Fsp3) is 0.400. The van der Waals surface area contributed by atoms with Crippen LogP contribution in [-0.2, 0) is 22.7 Å². The Balaban J connectivity index is 2.20. The number of benzene rings is 1. The minimum absolute atomic E-state index is 0.103. The zero-order valence-corrected chi connectivity index (χ0v) is 18.2. The van der Waals surface area contributed by atoms with Crippen LogP contribution in [0, 0.1) is 12.7 Å². The molecule has 1 heterocycles. The molecule has 0 unspecified atom stereocenters. The van der Waals surface area contributed by atoms with E-state index >= 15 is 0 Å². The van der Waals surface area contributed by atoms with E-state index in [2.05, 4.69) is 0 Å². The lowest BCUT2D eigenvalue weighted by Gasteiger charge is -2.28. The Morgan fingerprint density at radius 2 is 1.79 bits per heavy atom. The van der Waals surface area contributed by atoms with Crippen molar-refractivity contribution in [3.63, 3.8) is 0 Å². The number of rotatable bonds is 9. The van der Waals surface area contributed by atoms with Gasteiger partial charge < -0.3 is 9.80 Å². The van der Waals surface area contributed by atoms with E-state index in [0.717, 1.165) is 16.0 Å². The van der Waals surface area contributed by atoms with Crippen LogP contribution in [0.2, 0.25) is 0 Å². The van der Waals surface area contributed by atoms with Gasteiger partial charge in [0.25, 0.3) is 5.91 Å². The highest BCUT2D eigenvalue weighted by atomic mass is 35.5. The molecule has 2 aromatic rings. The Morgan fingerprint density at radius 3 is 2.32 bits per heavy atom. The van der Waals surface area contributed by atoms with Gasteiger partial charge in [0.05, 0.1) is 13.1 Å². The molecule has 0 saturated heterocycles. The Hall–Kier alpha value is -1.63. The number of alkyl halides is 2. The molecule has 4 nitrogen and oxygen atoms in total. The molecule has 2 amide bonds. The first-order valence-corrected chi connectivity index (χ1v) is 10.7. The van der Waals surface area contributed by atoms with Gasteiger partial charge in [-0.25, -0.2) is 4.39 Å². The molecule has 152 valence electrons. The van der Waals surface area contributed by atoms with Crippen molar-refractivity contribution in [2.45, 2.75) is 38.2 Å². The molecule has 2 rings (SSSR count). The Bertz CT molecular complexity index is 796. The molecule has 0 aliphatic rings. The van der Waals surface area contributed by atoms with Crippen molar-refractivity contribution in [1.82, 2.24) is 9.80 Å². The standard InChI is InChI=1S/C20H23Cl2FN2O2S/c1-3-9-24(20(27)19(21)22)13-18(26)25(12-17-14(2)8-10-28-17)11-15-4-6-16(23)7-5-15/h4-8,10,19H,3,9,11-13H2,1-2H3. The molecular formula is C20H23Cl2FN2O2S. The van der Waals surface area contributed by atoms with Crippen molar-refractivity contribution in [3.05, 3.63) is 57.5 Å². The van der Waals surface area contributed by atoms with E-state index in [1.807, 2.05) is 25.3 Å². The van der Waals surface area contributed by atoms with Gasteiger partial charge in [-0.15, -0.1) is 11.3 Å². The van der Waals surface area contributed by atoms with Gasteiger partial charge in [-0.2, -0.15) is 0 Å². The SMILES string of the molecule is CCCN(CC(=O)N(Cc1ccc(F)cc1)Cc1sccc1C)C(=O)C(Cl)Cl. The lowest BCUT2D eigenvalue weighted by molar-refractivity contribution is -0.140. The van der Waals surface area contributed by atoms with E-state index in [4.69, 9.17) is 23.2 Å². The fourth-order valence-corrected chi connectivity index (χ4v) is 3.92. The molecule has 0 saturated carbocycles. The molecule has 0 aliphatic heterocycles. The molecule has 0 aliphatic carbocycles. The molecule has 0 radical (unpaired) electrons. The predicted octanol–water partition coefficient (Wildman–Crippen LogP) is 4.77. The van der Waals surface area contributed by atoms with Crippen molar-refractivity contribution in [1.29, 1.82) is 0 Å². The van der Waals surface area contributed by atoms with Crippen molar-refractivity contribution in [2.24, 2.45) is 0 Å². The Labute approximate surface area is 178 Å². The van der Waals surface area contributed by atoms with Gasteiger partial charge in [-0.1, -0.05) is 42.3 Å². The maximum absolute atomic E-state index is 13.2. The van der Waals surface area contributed by atoms with E-state index in [9.17, 15) is 14.0 Å². The second-order valence-electron chi connectivity index (χ2n) is 6.46. The molecule has 28 heavy (non-hydrogen) atoms. The van der Waals surface area contributed by atoms with Crippen LogP contribution in [0.25, 0.3) is 0 Å². The van der Waals surface area contributed by atoms with Gasteiger partial charge in [0.1, 0.15) is 5.82 Å². The van der Waals surface area contributed by atoms with Crippen LogP contribution in [0.1, 0.15) is 29.3 Å². The number of thiophene rings is 1. The van der Waals surface area contributed by atoms with Gasteiger partial charge in [-0.05, 0) is 48.1 Å². The van der Waals surface area contributed by atoms with Crippen molar-refractivity contribution >= 4 is 46.4 Å². The van der Waals surface area contributed by atoms with Crippen LogP contribution < -0.4 is 0 Å². The third kappa shape index (κ3) is 6.47. The smallest absolute Gasteiger partial charge is 0.256 e. The number of aryl methyl sites for hydroxylation is 1. The van der Waals surface area contributed by atoms with Crippen LogP contribution in [0.5, 0.6) is 0 Å². The third-order valence-electron chi connectivity index (χ3n) is 4.26. The highest BCUT2D eigenvalue weighted by Gasteiger charge is 2.25. The molecule has 0 spiro atoms. The highest BCUT2D eigenvalue weighted by molar-refractivity contribution is 7.10. The molecular weight excluding hydrogens is 422 g/mol. The van der Waals surface area contributed by atoms with Crippen LogP contribution in [0.3, 0.4) is 0 Å².